The Kier molecular flexibility index (Phi) is 4.50. The van der Waals surface area contributed by atoms with Crippen LogP contribution in [0.2, 0.25) is 0 Å². The standard InChI is InChI=1S/C24H24FN/c1-17-14-20(22-9-5-3-4-8-21(17)22)15-19-10-11-24(25)23(16-19)18(2)26-12-6-7-13-26/h3-5,8,10-11,15-16H,1-2,6-7,9,12-14H2/b20-15+. The smallest absolute Gasteiger partial charge is 0.132 e. The fourth-order valence-electron chi connectivity index (χ4n) is 4.04. The molecule has 0 unspecified atom stereocenters. The molecule has 0 aromatic heterocycles. The molecule has 2 heteroatoms. The molecule has 1 fully saturated rings. The van der Waals surface area contributed by atoms with Crippen LogP contribution < -0.4 is 0 Å². The molecule has 0 N–H and O–H groups in total. The monoisotopic (exact) mass is 345 g/mol. The van der Waals surface area contributed by atoms with E-state index in [1.165, 1.54) is 16.7 Å². The van der Waals surface area contributed by atoms with E-state index in [4.69, 9.17) is 0 Å². The molecule has 1 aliphatic heterocycles. The summed E-state index contributed by atoms with van der Waals surface area (Å²) >= 11 is 0. The summed E-state index contributed by atoms with van der Waals surface area (Å²) in [5.41, 5.74) is 7.48. The molecular weight excluding hydrogens is 321 g/mol. The van der Waals surface area contributed by atoms with E-state index in [2.05, 4.69) is 48.4 Å². The van der Waals surface area contributed by atoms with Gasteiger partial charge in [0.1, 0.15) is 5.82 Å². The van der Waals surface area contributed by atoms with Gasteiger partial charge in [-0.2, -0.15) is 0 Å². The number of rotatable bonds is 3. The van der Waals surface area contributed by atoms with Crippen LogP contribution in [0.15, 0.2) is 78.0 Å². The topological polar surface area (TPSA) is 3.24 Å². The zero-order valence-corrected chi connectivity index (χ0v) is 15.1. The molecule has 4 rings (SSSR count). The van der Waals surface area contributed by atoms with Gasteiger partial charge in [-0.05, 0) is 65.7 Å². The van der Waals surface area contributed by atoms with Crippen LogP contribution in [0, 0.1) is 5.82 Å². The van der Waals surface area contributed by atoms with Crippen molar-refractivity contribution >= 4 is 11.8 Å². The van der Waals surface area contributed by atoms with Crippen LogP contribution in [-0.2, 0) is 0 Å². The summed E-state index contributed by atoms with van der Waals surface area (Å²) in [6, 6.07) is 5.36. The molecule has 1 heterocycles. The van der Waals surface area contributed by atoms with E-state index >= 15 is 0 Å². The Morgan fingerprint density at radius 3 is 2.77 bits per heavy atom. The maximum atomic E-state index is 14.4. The van der Waals surface area contributed by atoms with Gasteiger partial charge in [0.25, 0.3) is 0 Å². The Balaban J connectivity index is 1.67. The minimum absolute atomic E-state index is 0.194. The fraction of sp³-hybridized carbons (Fsp3) is 0.250. The van der Waals surface area contributed by atoms with E-state index in [0.29, 0.717) is 5.56 Å². The first kappa shape index (κ1) is 16.8. The maximum absolute atomic E-state index is 14.4. The molecule has 1 aromatic carbocycles. The molecule has 0 atom stereocenters. The molecule has 1 saturated heterocycles. The average Bonchev–Trinajstić information content (AvgIpc) is 3.18. The lowest BCUT2D eigenvalue weighted by Gasteiger charge is -2.21. The Morgan fingerprint density at radius 1 is 1.15 bits per heavy atom. The van der Waals surface area contributed by atoms with Crippen LogP contribution in [0.3, 0.4) is 0 Å². The SMILES string of the molecule is C=C1C/C(=C\c2ccc(F)c(C(=C)N3CCCC3)c2)C2=C1C=CC=CC2. The van der Waals surface area contributed by atoms with Crippen molar-refractivity contribution in [1.82, 2.24) is 4.90 Å². The number of benzene rings is 1. The number of nitrogens with zero attached hydrogens (tertiary/aromatic N) is 1. The third-order valence-corrected chi connectivity index (χ3v) is 5.46. The van der Waals surface area contributed by atoms with Crippen LogP contribution in [0.5, 0.6) is 0 Å². The van der Waals surface area contributed by atoms with Gasteiger partial charge < -0.3 is 4.90 Å². The van der Waals surface area contributed by atoms with Crippen LogP contribution in [0.25, 0.3) is 11.8 Å². The lowest BCUT2D eigenvalue weighted by molar-refractivity contribution is 0.489. The van der Waals surface area contributed by atoms with Gasteiger partial charge in [0.2, 0.25) is 0 Å². The number of likely N-dealkylation sites (tertiary alicyclic amines) is 1. The predicted molar refractivity (Wildman–Crippen MR) is 108 cm³/mol. The summed E-state index contributed by atoms with van der Waals surface area (Å²) in [4.78, 5) is 2.19. The number of hydrogen-bond donors (Lipinski definition) is 0. The van der Waals surface area contributed by atoms with Gasteiger partial charge in [-0.25, -0.2) is 4.39 Å². The Hall–Kier alpha value is -2.61. The first-order valence-electron chi connectivity index (χ1n) is 9.33. The van der Waals surface area contributed by atoms with Crippen molar-refractivity contribution in [2.45, 2.75) is 25.7 Å². The highest BCUT2D eigenvalue weighted by atomic mass is 19.1. The van der Waals surface area contributed by atoms with Crippen molar-refractivity contribution in [3.63, 3.8) is 0 Å². The first-order chi connectivity index (χ1) is 12.6. The molecule has 0 amide bonds. The van der Waals surface area contributed by atoms with Gasteiger partial charge in [-0.1, -0.05) is 49.6 Å². The van der Waals surface area contributed by atoms with Crippen LogP contribution in [0.4, 0.5) is 4.39 Å². The molecule has 0 saturated carbocycles. The lowest BCUT2D eigenvalue weighted by Crippen LogP contribution is -2.17. The highest BCUT2D eigenvalue weighted by Gasteiger charge is 2.22. The molecule has 0 bridgehead atoms. The quantitative estimate of drug-likeness (QED) is 0.645. The van der Waals surface area contributed by atoms with E-state index in [9.17, 15) is 4.39 Å². The van der Waals surface area contributed by atoms with Crippen molar-refractivity contribution in [3.8, 4) is 0 Å². The molecule has 0 radical (unpaired) electrons. The molecule has 0 spiro atoms. The molecule has 1 aromatic rings. The molecule has 1 nitrogen and oxygen atoms in total. The minimum atomic E-state index is -0.194. The van der Waals surface area contributed by atoms with Gasteiger partial charge in [0, 0.05) is 24.4 Å². The van der Waals surface area contributed by atoms with E-state index in [1.54, 1.807) is 6.07 Å². The Bertz CT molecular complexity index is 889. The number of hydrogen-bond acceptors (Lipinski definition) is 1. The van der Waals surface area contributed by atoms with Gasteiger partial charge in [0.15, 0.2) is 0 Å². The summed E-state index contributed by atoms with van der Waals surface area (Å²) in [5.74, 6) is -0.194. The largest absolute Gasteiger partial charge is 0.371 e. The van der Waals surface area contributed by atoms with E-state index in [-0.39, 0.29) is 5.82 Å². The van der Waals surface area contributed by atoms with Gasteiger partial charge >= 0.3 is 0 Å². The van der Waals surface area contributed by atoms with Gasteiger partial charge in [-0.15, -0.1) is 0 Å². The minimum Gasteiger partial charge on any atom is -0.371 e. The Morgan fingerprint density at radius 2 is 1.96 bits per heavy atom. The van der Waals surface area contributed by atoms with Crippen LogP contribution in [0.1, 0.15) is 36.8 Å². The highest BCUT2D eigenvalue weighted by molar-refractivity contribution is 5.72. The second-order valence-corrected chi connectivity index (χ2v) is 7.21. The van der Waals surface area contributed by atoms with Crippen molar-refractivity contribution in [3.05, 3.63) is 94.9 Å². The summed E-state index contributed by atoms with van der Waals surface area (Å²) in [7, 11) is 0. The molecule has 26 heavy (non-hydrogen) atoms. The lowest BCUT2D eigenvalue weighted by atomic mass is 10.00. The van der Waals surface area contributed by atoms with Crippen molar-refractivity contribution in [2.75, 3.05) is 13.1 Å². The first-order valence-corrected chi connectivity index (χ1v) is 9.33. The molecule has 3 aliphatic rings. The van der Waals surface area contributed by atoms with Crippen LogP contribution >= 0.6 is 0 Å². The van der Waals surface area contributed by atoms with E-state index in [1.807, 2.05) is 12.1 Å². The number of allylic oxidation sites excluding steroid dienone is 8. The third-order valence-electron chi connectivity index (χ3n) is 5.46. The zero-order chi connectivity index (χ0) is 18.1. The van der Waals surface area contributed by atoms with Gasteiger partial charge in [0.05, 0.1) is 0 Å². The fourth-order valence-corrected chi connectivity index (χ4v) is 4.04. The zero-order valence-electron chi connectivity index (χ0n) is 15.1. The molecule has 132 valence electrons. The predicted octanol–water partition coefficient (Wildman–Crippen LogP) is 6.05. The normalized spacial score (nSPS) is 20.9. The summed E-state index contributed by atoms with van der Waals surface area (Å²) < 4.78 is 14.4. The highest BCUT2D eigenvalue weighted by Crippen LogP contribution is 2.40. The number of halogens is 1. The second-order valence-electron chi connectivity index (χ2n) is 7.21. The van der Waals surface area contributed by atoms with Crippen LogP contribution in [-0.4, -0.2) is 18.0 Å². The second kappa shape index (κ2) is 6.95. The van der Waals surface area contributed by atoms with Crippen molar-refractivity contribution in [2.24, 2.45) is 0 Å². The molecule has 2 aliphatic carbocycles. The average molecular weight is 345 g/mol. The summed E-state index contributed by atoms with van der Waals surface area (Å²) in [6.07, 6.45) is 14.8. The third kappa shape index (κ3) is 3.12. The maximum Gasteiger partial charge on any atom is 0.132 e. The van der Waals surface area contributed by atoms with Crippen molar-refractivity contribution in [1.29, 1.82) is 0 Å². The molecular formula is C24H24FN. The summed E-state index contributed by atoms with van der Waals surface area (Å²) in [5, 5.41) is 0. The van der Waals surface area contributed by atoms with E-state index in [0.717, 1.165) is 55.6 Å². The van der Waals surface area contributed by atoms with Crippen molar-refractivity contribution < 1.29 is 4.39 Å². The van der Waals surface area contributed by atoms with E-state index < -0.39 is 0 Å². The van der Waals surface area contributed by atoms with Gasteiger partial charge in [-0.3, -0.25) is 0 Å². The summed E-state index contributed by atoms with van der Waals surface area (Å²) in [6.45, 7) is 10.3. The Labute approximate surface area is 155 Å².